The molecule has 0 N–H and O–H groups in total. The lowest BCUT2D eigenvalue weighted by Crippen LogP contribution is -2.25. The highest BCUT2D eigenvalue weighted by Gasteiger charge is 2.30. The summed E-state index contributed by atoms with van der Waals surface area (Å²) in [6.45, 7) is 5.92. The van der Waals surface area contributed by atoms with Gasteiger partial charge in [0.05, 0.1) is 6.61 Å². The fraction of sp³-hybridized carbons (Fsp3) is 0.647. The molecule has 2 saturated carbocycles. The second-order valence-electron chi connectivity index (χ2n) is 11.9. The zero-order chi connectivity index (χ0) is 26.0. The van der Waals surface area contributed by atoms with Crippen LogP contribution >= 0.6 is 0 Å². The maximum atomic E-state index is 14.6. The van der Waals surface area contributed by atoms with Crippen molar-refractivity contribution in [3.05, 3.63) is 60.2 Å². The lowest BCUT2D eigenvalue weighted by molar-refractivity contribution is 0.149. The summed E-state index contributed by atoms with van der Waals surface area (Å²) in [5.74, 6) is 2.71. The molecule has 2 fully saturated rings. The van der Waals surface area contributed by atoms with Crippen molar-refractivity contribution in [1.82, 2.24) is 0 Å². The molecule has 1 atom stereocenters. The topological polar surface area (TPSA) is 9.23 Å². The van der Waals surface area contributed by atoms with Crippen molar-refractivity contribution in [2.24, 2.45) is 29.6 Å². The summed E-state index contributed by atoms with van der Waals surface area (Å²) in [7, 11) is 0. The van der Waals surface area contributed by atoms with Crippen molar-refractivity contribution in [3.8, 4) is 5.75 Å². The second kappa shape index (κ2) is 14.3. The maximum absolute atomic E-state index is 14.6. The quantitative estimate of drug-likeness (QED) is 0.212. The monoisotopic (exact) mass is 510 g/mol. The first-order valence-corrected chi connectivity index (χ1v) is 15.2. The highest BCUT2D eigenvalue weighted by Crippen LogP contribution is 2.43. The van der Waals surface area contributed by atoms with E-state index in [0.717, 1.165) is 61.3 Å². The molecular weight excluding hydrogens is 462 g/mol. The van der Waals surface area contributed by atoms with Crippen molar-refractivity contribution in [1.29, 1.82) is 0 Å². The summed E-state index contributed by atoms with van der Waals surface area (Å²) >= 11 is 0. The van der Waals surface area contributed by atoms with E-state index in [9.17, 15) is 8.78 Å². The normalized spacial score (nSPS) is 28.7. The molecule has 0 spiro atoms. The van der Waals surface area contributed by atoms with E-state index in [2.05, 4.69) is 24.8 Å². The number of halogens is 2. The Bertz CT molecular complexity index is 916. The van der Waals surface area contributed by atoms with Gasteiger partial charge in [0.15, 0.2) is 11.6 Å². The average Bonchev–Trinajstić information content (AvgIpc) is 2.94. The number of hydrogen-bond acceptors (Lipinski definition) is 1. The lowest BCUT2D eigenvalue weighted by atomic mass is 9.68. The molecule has 0 aromatic heterocycles. The molecule has 0 radical (unpaired) electrons. The number of hydrogen-bond donors (Lipinski definition) is 0. The third-order valence-corrected chi connectivity index (χ3v) is 9.52. The molecule has 1 aromatic rings. The molecule has 1 aromatic carbocycles. The molecule has 204 valence electrons. The largest absolute Gasteiger partial charge is 0.491 e. The molecule has 0 aliphatic heterocycles. The minimum Gasteiger partial charge on any atom is -0.491 e. The lowest BCUT2D eigenvalue weighted by Gasteiger charge is -2.37. The maximum Gasteiger partial charge on any atom is 0.201 e. The van der Waals surface area contributed by atoms with E-state index < -0.39 is 11.6 Å². The van der Waals surface area contributed by atoms with Gasteiger partial charge in [-0.05, 0) is 131 Å². The van der Waals surface area contributed by atoms with Crippen molar-refractivity contribution in [3.63, 3.8) is 0 Å². The Labute approximate surface area is 224 Å². The zero-order valence-electron chi connectivity index (χ0n) is 23.0. The average molecular weight is 511 g/mol. The molecule has 1 nitrogen and oxygen atoms in total. The summed E-state index contributed by atoms with van der Waals surface area (Å²) in [5, 5.41) is 0. The number of benzene rings is 1. The van der Waals surface area contributed by atoms with Crippen LogP contribution in [-0.4, -0.2) is 6.61 Å². The Morgan fingerprint density at radius 2 is 1.57 bits per heavy atom. The Hall–Kier alpha value is -1.90. The van der Waals surface area contributed by atoms with E-state index in [1.807, 2.05) is 6.08 Å². The molecule has 37 heavy (non-hydrogen) atoms. The van der Waals surface area contributed by atoms with Gasteiger partial charge in [-0.1, -0.05) is 43.6 Å². The Morgan fingerprint density at radius 1 is 0.865 bits per heavy atom. The number of allylic oxidation sites excluding steroid dienone is 5. The van der Waals surface area contributed by atoms with Gasteiger partial charge in [0.25, 0.3) is 0 Å². The molecular formula is C34H48F2O. The number of unbranched alkanes of at least 4 members (excludes halogenated alkanes) is 1. The van der Waals surface area contributed by atoms with Crippen LogP contribution in [0.1, 0.15) is 109 Å². The van der Waals surface area contributed by atoms with E-state index in [4.69, 9.17) is 4.74 Å². The smallest absolute Gasteiger partial charge is 0.201 e. The Kier molecular flexibility index (Phi) is 10.9. The minimum atomic E-state index is -0.859. The van der Waals surface area contributed by atoms with Crippen LogP contribution in [0.5, 0.6) is 5.75 Å². The fourth-order valence-electron chi connectivity index (χ4n) is 7.17. The first-order chi connectivity index (χ1) is 18.1. The molecule has 3 aliphatic carbocycles. The van der Waals surface area contributed by atoms with E-state index in [1.54, 1.807) is 19.1 Å². The third-order valence-electron chi connectivity index (χ3n) is 9.52. The molecule has 0 bridgehead atoms. The minimum absolute atomic E-state index is 0.00695. The molecule has 0 heterocycles. The van der Waals surface area contributed by atoms with Crippen molar-refractivity contribution >= 4 is 5.57 Å². The molecule has 0 amide bonds. The Balaban J connectivity index is 1.15. The van der Waals surface area contributed by atoms with Gasteiger partial charge >= 0.3 is 0 Å². The molecule has 4 rings (SSSR count). The van der Waals surface area contributed by atoms with E-state index in [0.29, 0.717) is 18.1 Å². The van der Waals surface area contributed by atoms with E-state index >= 15 is 0 Å². The van der Waals surface area contributed by atoms with Crippen LogP contribution in [0.15, 0.2) is 43.0 Å². The van der Waals surface area contributed by atoms with Gasteiger partial charge in [-0.25, -0.2) is 4.39 Å². The van der Waals surface area contributed by atoms with Crippen LogP contribution in [-0.2, 0) is 0 Å². The summed E-state index contributed by atoms with van der Waals surface area (Å²) < 4.78 is 34.1. The first kappa shape index (κ1) is 28.1. The van der Waals surface area contributed by atoms with Gasteiger partial charge in [-0.3, -0.25) is 0 Å². The van der Waals surface area contributed by atoms with Gasteiger partial charge < -0.3 is 4.74 Å². The van der Waals surface area contributed by atoms with E-state index in [-0.39, 0.29) is 5.75 Å². The Morgan fingerprint density at radius 3 is 2.22 bits per heavy atom. The summed E-state index contributed by atoms with van der Waals surface area (Å²) in [4.78, 5) is 0. The molecule has 0 saturated heterocycles. The summed E-state index contributed by atoms with van der Waals surface area (Å²) in [6.07, 6.45) is 28.1. The molecule has 1 unspecified atom stereocenters. The summed E-state index contributed by atoms with van der Waals surface area (Å²) in [5.41, 5.74) is 1.37. The van der Waals surface area contributed by atoms with Gasteiger partial charge in [-0.15, -0.1) is 6.58 Å². The van der Waals surface area contributed by atoms with Crippen LogP contribution in [0, 0.1) is 41.2 Å². The van der Waals surface area contributed by atoms with Gasteiger partial charge in [0, 0.05) is 5.56 Å². The third kappa shape index (κ3) is 7.80. The van der Waals surface area contributed by atoms with Crippen LogP contribution in [0.4, 0.5) is 8.78 Å². The fourth-order valence-corrected chi connectivity index (χ4v) is 7.17. The van der Waals surface area contributed by atoms with Crippen molar-refractivity contribution < 1.29 is 13.5 Å². The first-order valence-electron chi connectivity index (χ1n) is 15.2. The zero-order valence-corrected chi connectivity index (χ0v) is 23.0. The van der Waals surface area contributed by atoms with Crippen LogP contribution in [0.3, 0.4) is 0 Å². The van der Waals surface area contributed by atoms with E-state index in [1.165, 1.54) is 64.2 Å². The van der Waals surface area contributed by atoms with Crippen LogP contribution in [0.2, 0.25) is 0 Å². The van der Waals surface area contributed by atoms with Gasteiger partial charge in [0.2, 0.25) is 5.82 Å². The predicted octanol–water partition coefficient (Wildman–Crippen LogP) is 10.5. The van der Waals surface area contributed by atoms with Crippen molar-refractivity contribution in [2.75, 3.05) is 6.61 Å². The van der Waals surface area contributed by atoms with Gasteiger partial charge in [0.1, 0.15) is 0 Å². The SMILES string of the molecule is C=CCC/C=C/C1CCC(C2CCC(CCC3CC=C(c4ccc(OCC)c(F)c4F)CC3)CC2)CC1. The van der Waals surface area contributed by atoms with Crippen molar-refractivity contribution in [2.45, 2.75) is 103 Å². The number of ether oxygens (including phenoxy) is 1. The second-order valence-corrected chi connectivity index (χ2v) is 11.9. The molecule has 3 aliphatic rings. The standard InChI is InChI=1S/C34H48F2O/c1-3-5-6-7-8-25-11-17-28(18-12-25)29-19-13-26(14-20-29)9-10-27-15-21-30(22-16-27)31-23-24-32(37-4-2)34(36)33(31)35/h3,7-8,21,23-29H,1,4-6,9-20,22H2,2H3/b8-7+. The van der Waals surface area contributed by atoms with Gasteiger partial charge in [-0.2, -0.15) is 4.39 Å². The highest BCUT2D eigenvalue weighted by molar-refractivity contribution is 5.67. The summed E-state index contributed by atoms with van der Waals surface area (Å²) in [6, 6.07) is 3.25. The van der Waals surface area contributed by atoms with Crippen LogP contribution in [0.25, 0.3) is 5.57 Å². The van der Waals surface area contributed by atoms with Crippen LogP contribution < -0.4 is 4.74 Å². The highest BCUT2D eigenvalue weighted by atomic mass is 19.2. The number of rotatable bonds is 11. The predicted molar refractivity (Wildman–Crippen MR) is 152 cm³/mol. The molecule has 3 heteroatoms.